The summed E-state index contributed by atoms with van der Waals surface area (Å²) in [6.45, 7) is 7.47. The van der Waals surface area contributed by atoms with Gasteiger partial charge in [-0.1, -0.05) is 35.6 Å². The monoisotopic (exact) mass is 731 g/mol. The summed E-state index contributed by atoms with van der Waals surface area (Å²) in [6.07, 6.45) is 1.70. The minimum Gasteiger partial charge on any atom is -0.490 e. The number of nitro benzene ring substituents is 1. The average Bonchev–Trinajstić information content (AvgIpc) is 3.43. The summed E-state index contributed by atoms with van der Waals surface area (Å²) in [7, 11) is 1.26. The second kappa shape index (κ2) is 16.8. The van der Waals surface area contributed by atoms with Crippen LogP contribution < -0.4 is 33.8 Å². The van der Waals surface area contributed by atoms with Crippen molar-refractivity contribution in [1.29, 1.82) is 0 Å². The standard InChI is InChI=1S/C37H37N3O11S/c1-6-47-29-17-23(12-14-27(29)50-20-24-10-9-11-26(16-24)40(44)45)18-31-35(42)39-34(33(36(43)49-8-3)22(4)38-37(39)52-31)25-13-15-28(30(19-25)48-7-2)51-21-32(41)46-5/h9-19,34H,6-8,20-21H2,1-5H3/b31-18-/t34-/m1/s1. The zero-order chi connectivity index (χ0) is 37.4. The van der Waals surface area contributed by atoms with Crippen LogP contribution in [0.1, 0.15) is 50.4 Å². The van der Waals surface area contributed by atoms with E-state index in [4.69, 9.17) is 23.7 Å². The van der Waals surface area contributed by atoms with Crippen LogP contribution in [-0.4, -0.2) is 55.0 Å². The van der Waals surface area contributed by atoms with Crippen molar-refractivity contribution in [3.05, 3.63) is 118 Å². The van der Waals surface area contributed by atoms with Crippen molar-refractivity contribution >= 4 is 35.0 Å². The van der Waals surface area contributed by atoms with Gasteiger partial charge in [0.2, 0.25) is 0 Å². The highest BCUT2D eigenvalue weighted by Gasteiger charge is 2.34. The molecule has 15 heteroatoms. The molecule has 1 atom stereocenters. The molecule has 0 saturated heterocycles. The molecule has 0 amide bonds. The molecule has 0 N–H and O–H groups in total. The van der Waals surface area contributed by atoms with Crippen LogP contribution in [-0.2, 0) is 25.7 Å². The molecule has 3 aromatic carbocycles. The number of ether oxygens (including phenoxy) is 6. The van der Waals surface area contributed by atoms with Crippen LogP contribution in [0.25, 0.3) is 6.08 Å². The number of thiazole rings is 1. The molecule has 1 aliphatic heterocycles. The molecule has 0 unspecified atom stereocenters. The van der Waals surface area contributed by atoms with Crippen molar-refractivity contribution in [1.82, 2.24) is 4.57 Å². The SMILES string of the molecule is CCOC(=O)C1=C(C)N=c2s/c(=C\c3ccc(OCc4cccc([N+](=O)[O-])c4)c(OCC)c3)c(=O)n2[C@@H]1c1ccc(OCC(=O)OC)c(OCC)c1. The summed E-state index contributed by atoms with van der Waals surface area (Å²) in [5.41, 5.74) is 1.94. The van der Waals surface area contributed by atoms with Crippen LogP contribution in [0, 0.1) is 10.1 Å². The van der Waals surface area contributed by atoms with E-state index in [1.807, 2.05) is 6.92 Å². The Labute approximate surface area is 302 Å². The van der Waals surface area contributed by atoms with Crippen LogP contribution in [0.3, 0.4) is 0 Å². The highest BCUT2D eigenvalue weighted by atomic mass is 32.1. The maximum absolute atomic E-state index is 14.2. The number of nitrogens with zero attached hydrogens (tertiary/aromatic N) is 3. The molecule has 14 nitrogen and oxygen atoms in total. The van der Waals surface area contributed by atoms with Gasteiger partial charge in [-0.2, -0.15) is 0 Å². The fourth-order valence-electron chi connectivity index (χ4n) is 5.46. The van der Waals surface area contributed by atoms with E-state index in [2.05, 4.69) is 9.73 Å². The van der Waals surface area contributed by atoms with E-state index < -0.39 is 28.5 Å². The fourth-order valence-corrected chi connectivity index (χ4v) is 6.51. The zero-order valence-electron chi connectivity index (χ0n) is 29.2. The Hall–Kier alpha value is -5.96. The number of allylic oxidation sites excluding steroid dienone is 1. The van der Waals surface area contributed by atoms with Gasteiger partial charge in [-0.25, -0.2) is 14.6 Å². The molecule has 2 heterocycles. The van der Waals surface area contributed by atoms with E-state index in [0.29, 0.717) is 55.6 Å². The summed E-state index contributed by atoms with van der Waals surface area (Å²) < 4.78 is 35.2. The van der Waals surface area contributed by atoms with Gasteiger partial charge in [0.25, 0.3) is 11.2 Å². The summed E-state index contributed by atoms with van der Waals surface area (Å²) in [5.74, 6) is 0.243. The van der Waals surface area contributed by atoms with Crippen molar-refractivity contribution in [3.8, 4) is 23.0 Å². The van der Waals surface area contributed by atoms with Gasteiger partial charge in [-0.15, -0.1) is 0 Å². The lowest BCUT2D eigenvalue weighted by molar-refractivity contribution is -0.384. The van der Waals surface area contributed by atoms with E-state index in [-0.39, 0.29) is 43.4 Å². The molecule has 0 fully saturated rings. The van der Waals surface area contributed by atoms with Crippen molar-refractivity contribution in [2.45, 2.75) is 40.3 Å². The third kappa shape index (κ3) is 8.32. The van der Waals surface area contributed by atoms with Crippen LogP contribution in [0.4, 0.5) is 5.69 Å². The number of carbonyl (C=O) groups is 2. The number of hydrogen-bond donors (Lipinski definition) is 0. The van der Waals surface area contributed by atoms with Crippen molar-refractivity contribution in [3.63, 3.8) is 0 Å². The second-order valence-corrected chi connectivity index (χ2v) is 12.2. The van der Waals surface area contributed by atoms with E-state index in [1.54, 1.807) is 75.4 Å². The van der Waals surface area contributed by atoms with Crippen molar-refractivity contribution in [2.24, 2.45) is 4.99 Å². The number of carbonyl (C=O) groups excluding carboxylic acids is 2. The number of esters is 2. The van der Waals surface area contributed by atoms with Gasteiger partial charge in [-0.3, -0.25) is 19.5 Å². The Morgan fingerprint density at radius 3 is 2.33 bits per heavy atom. The van der Waals surface area contributed by atoms with Gasteiger partial charge >= 0.3 is 11.9 Å². The lowest BCUT2D eigenvalue weighted by atomic mass is 9.95. The Morgan fingerprint density at radius 1 is 0.923 bits per heavy atom. The summed E-state index contributed by atoms with van der Waals surface area (Å²) in [6, 6.07) is 15.4. The highest BCUT2D eigenvalue weighted by Crippen LogP contribution is 2.37. The molecule has 1 aromatic heterocycles. The molecule has 0 aliphatic carbocycles. The maximum atomic E-state index is 14.2. The number of fused-ring (bicyclic) bond motifs is 1. The molecule has 1 aliphatic rings. The lowest BCUT2D eigenvalue weighted by Crippen LogP contribution is -2.40. The molecule has 272 valence electrons. The average molecular weight is 732 g/mol. The number of non-ortho nitro benzene ring substituents is 1. The van der Waals surface area contributed by atoms with Gasteiger partial charge in [0.15, 0.2) is 34.4 Å². The Bertz CT molecular complexity index is 2210. The smallest absolute Gasteiger partial charge is 0.343 e. The van der Waals surface area contributed by atoms with Crippen LogP contribution in [0.5, 0.6) is 23.0 Å². The predicted octanol–water partition coefficient (Wildman–Crippen LogP) is 4.63. The van der Waals surface area contributed by atoms with Crippen LogP contribution in [0.15, 0.2) is 81.7 Å². The number of nitro groups is 1. The fraction of sp³-hybridized carbons (Fsp3) is 0.297. The molecule has 0 radical (unpaired) electrons. The topological polar surface area (TPSA) is 167 Å². The normalized spacial score (nSPS) is 13.9. The number of benzene rings is 3. The number of rotatable bonds is 15. The first-order valence-corrected chi connectivity index (χ1v) is 17.2. The Balaban J connectivity index is 1.55. The molecular formula is C37H37N3O11S. The van der Waals surface area contributed by atoms with E-state index in [1.165, 1.54) is 23.8 Å². The molecule has 0 saturated carbocycles. The van der Waals surface area contributed by atoms with Crippen LogP contribution in [0.2, 0.25) is 0 Å². The molecule has 4 aromatic rings. The second-order valence-electron chi connectivity index (χ2n) is 11.2. The summed E-state index contributed by atoms with van der Waals surface area (Å²) in [5, 5.41) is 11.2. The zero-order valence-corrected chi connectivity index (χ0v) is 30.0. The first-order chi connectivity index (χ1) is 25.1. The van der Waals surface area contributed by atoms with Gasteiger partial charge < -0.3 is 28.4 Å². The number of aromatic nitrogens is 1. The van der Waals surface area contributed by atoms with Gasteiger partial charge in [0, 0.05) is 12.1 Å². The Kier molecular flexibility index (Phi) is 12.1. The third-order valence-corrected chi connectivity index (χ3v) is 8.74. The summed E-state index contributed by atoms with van der Waals surface area (Å²) in [4.78, 5) is 55.1. The number of hydrogen-bond acceptors (Lipinski definition) is 13. The largest absolute Gasteiger partial charge is 0.490 e. The van der Waals surface area contributed by atoms with E-state index in [9.17, 15) is 24.5 Å². The molecule has 0 bridgehead atoms. The Morgan fingerprint density at radius 2 is 1.63 bits per heavy atom. The molecule has 5 rings (SSSR count). The third-order valence-electron chi connectivity index (χ3n) is 7.75. The predicted molar refractivity (Wildman–Crippen MR) is 191 cm³/mol. The number of methoxy groups -OCH3 is 1. The van der Waals surface area contributed by atoms with Crippen LogP contribution >= 0.6 is 11.3 Å². The molecular weight excluding hydrogens is 694 g/mol. The maximum Gasteiger partial charge on any atom is 0.343 e. The van der Waals surface area contributed by atoms with Gasteiger partial charge in [0.1, 0.15) is 6.61 Å². The van der Waals surface area contributed by atoms with Gasteiger partial charge in [-0.05, 0) is 74.7 Å². The molecule has 0 spiro atoms. The summed E-state index contributed by atoms with van der Waals surface area (Å²) >= 11 is 1.16. The van der Waals surface area contributed by atoms with Crippen molar-refractivity contribution in [2.75, 3.05) is 33.5 Å². The van der Waals surface area contributed by atoms with Gasteiger partial charge in [0.05, 0.1) is 53.7 Å². The minimum atomic E-state index is -0.921. The minimum absolute atomic E-state index is 0.0360. The van der Waals surface area contributed by atoms with E-state index >= 15 is 0 Å². The lowest BCUT2D eigenvalue weighted by Gasteiger charge is -2.25. The van der Waals surface area contributed by atoms with Crippen molar-refractivity contribution < 1.29 is 42.9 Å². The first-order valence-electron chi connectivity index (χ1n) is 16.4. The highest BCUT2D eigenvalue weighted by molar-refractivity contribution is 7.07. The quantitative estimate of drug-likeness (QED) is 0.0950. The molecule has 52 heavy (non-hydrogen) atoms. The first kappa shape index (κ1) is 37.3. The van der Waals surface area contributed by atoms with E-state index in [0.717, 1.165) is 11.3 Å².